The molecular formula is C17H15Cl2F2N3O. The second-order valence-corrected chi connectivity index (χ2v) is 6.44. The molecule has 132 valence electrons. The van der Waals surface area contributed by atoms with Crippen molar-refractivity contribution >= 4 is 40.6 Å². The first kappa shape index (κ1) is 17.8. The molecule has 1 saturated heterocycles. The number of carbonyl (C=O) groups excluding carboxylic acids is 1. The topological polar surface area (TPSA) is 35.6 Å². The second-order valence-electron chi connectivity index (χ2n) is 5.63. The van der Waals surface area contributed by atoms with Crippen LogP contribution in [0.2, 0.25) is 10.0 Å². The molecule has 1 heterocycles. The maximum absolute atomic E-state index is 13.6. The van der Waals surface area contributed by atoms with Gasteiger partial charge < -0.3 is 15.1 Å². The van der Waals surface area contributed by atoms with Crippen LogP contribution in [0.3, 0.4) is 0 Å². The Morgan fingerprint density at radius 1 is 0.960 bits per heavy atom. The number of anilines is 2. The summed E-state index contributed by atoms with van der Waals surface area (Å²) in [6.45, 7) is 2.08. The number of urea groups is 1. The van der Waals surface area contributed by atoms with Gasteiger partial charge in [-0.05, 0) is 30.3 Å². The van der Waals surface area contributed by atoms with E-state index in [1.54, 1.807) is 17.0 Å². The molecule has 0 saturated carbocycles. The molecule has 0 unspecified atom stereocenters. The average molecular weight is 386 g/mol. The zero-order valence-electron chi connectivity index (χ0n) is 13.1. The van der Waals surface area contributed by atoms with Gasteiger partial charge in [0.1, 0.15) is 11.6 Å². The largest absolute Gasteiger partial charge is 0.368 e. The predicted octanol–water partition coefficient (Wildman–Crippen LogP) is 4.63. The van der Waals surface area contributed by atoms with E-state index in [-0.39, 0.29) is 5.69 Å². The highest BCUT2D eigenvalue weighted by Gasteiger charge is 2.22. The van der Waals surface area contributed by atoms with Crippen molar-refractivity contribution in [3.63, 3.8) is 0 Å². The molecule has 2 amide bonds. The Balaban J connectivity index is 1.60. The second kappa shape index (κ2) is 7.45. The summed E-state index contributed by atoms with van der Waals surface area (Å²) in [5.41, 5.74) is 0.752. The van der Waals surface area contributed by atoms with Gasteiger partial charge in [-0.25, -0.2) is 13.6 Å². The van der Waals surface area contributed by atoms with E-state index in [9.17, 15) is 13.6 Å². The molecule has 0 spiro atoms. The van der Waals surface area contributed by atoms with Gasteiger partial charge in [0.2, 0.25) is 0 Å². The zero-order valence-corrected chi connectivity index (χ0v) is 14.6. The van der Waals surface area contributed by atoms with Crippen LogP contribution in [0, 0.1) is 11.6 Å². The molecule has 0 bridgehead atoms. The van der Waals surface area contributed by atoms with Crippen LogP contribution in [-0.2, 0) is 0 Å². The monoisotopic (exact) mass is 385 g/mol. The van der Waals surface area contributed by atoms with Gasteiger partial charge in [0.05, 0.1) is 15.7 Å². The molecule has 1 N–H and O–H groups in total. The lowest BCUT2D eigenvalue weighted by Crippen LogP contribution is -2.50. The van der Waals surface area contributed by atoms with Crippen LogP contribution in [-0.4, -0.2) is 37.1 Å². The summed E-state index contributed by atoms with van der Waals surface area (Å²) in [6, 6.07) is 7.85. The van der Waals surface area contributed by atoms with E-state index >= 15 is 0 Å². The SMILES string of the molecule is O=C(Nc1cc(F)ccc1F)N1CCN(c2ccc(Cl)c(Cl)c2)CC1. The van der Waals surface area contributed by atoms with Gasteiger partial charge in [-0.3, -0.25) is 0 Å². The standard InChI is InChI=1S/C17H15Cl2F2N3O/c18-13-3-2-12(10-14(13)19)23-5-7-24(8-6-23)17(25)22-16-9-11(20)1-4-15(16)21/h1-4,9-10H,5-8H2,(H,22,25). The van der Waals surface area contributed by atoms with E-state index in [0.29, 0.717) is 36.2 Å². The highest BCUT2D eigenvalue weighted by atomic mass is 35.5. The van der Waals surface area contributed by atoms with Gasteiger partial charge in [0.15, 0.2) is 0 Å². The smallest absolute Gasteiger partial charge is 0.322 e. The molecule has 2 aromatic rings. The van der Waals surface area contributed by atoms with Crippen LogP contribution in [0.1, 0.15) is 0 Å². The van der Waals surface area contributed by atoms with Crippen LogP contribution >= 0.6 is 23.2 Å². The fourth-order valence-corrected chi connectivity index (χ4v) is 2.93. The summed E-state index contributed by atoms with van der Waals surface area (Å²) in [5, 5.41) is 3.37. The molecule has 0 aromatic heterocycles. The fraction of sp³-hybridized carbons (Fsp3) is 0.235. The van der Waals surface area contributed by atoms with Crippen molar-refractivity contribution in [2.75, 3.05) is 36.4 Å². The van der Waals surface area contributed by atoms with Crippen LogP contribution in [0.5, 0.6) is 0 Å². The van der Waals surface area contributed by atoms with Crippen LogP contribution in [0.25, 0.3) is 0 Å². The van der Waals surface area contributed by atoms with Crippen molar-refractivity contribution in [3.8, 4) is 0 Å². The minimum atomic E-state index is -0.677. The van der Waals surface area contributed by atoms with E-state index in [0.717, 1.165) is 23.9 Å². The van der Waals surface area contributed by atoms with E-state index in [1.807, 2.05) is 6.07 Å². The average Bonchev–Trinajstić information content (AvgIpc) is 2.60. The molecular weight excluding hydrogens is 371 g/mol. The van der Waals surface area contributed by atoms with Gasteiger partial charge >= 0.3 is 6.03 Å². The fourth-order valence-electron chi connectivity index (χ4n) is 2.64. The lowest BCUT2D eigenvalue weighted by molar-refractivity contribution is 0.208. The Morgan fingerprint density at radius 3 is 2.36 bits per heavy atom. The van der Waals surface area contributed by atoms with Crippen LogP contribution in [0.15, 0.2) is 36.4 Å². The van der Waals surface area contributed by atoms with Gasteiger partial charge in [0.25, 0.3) is 0 Å². The van der Waals surface area contributed by atoms with Crippen molar-refractivity contribution in [2.24, 2.45) is 0 Å². The maximum Gasteiger partial charge on any atom is 0.322 e. The molecule has 3 rings (SSSR count). The Kier molecular flexibility index (Phi) is 5.30. The van der Waals surface area contributed by atoms with E-state index < -0.39 is 17.7 Å². The molecule has 2 aromatic carbocycles. The zero-order chi connectivity index (χ0) is 18.0. The number of hydrogen-bond acceptors (Lipinski definition) is 2. The number of amides is 2. The van der Waals surface area contributed by atoms with E-state index in [2.05, 4.69) is 10.2 Å². The van der Waals surface area contributed by atoms with Crippen molar-refractivity contribution in [3.05, 3.63) is 58.1 Å². The number of nitrogens with zero attached hydrogens (tertiary/aromatic N) is 2. The number of nitrogens with one attached hydrogen (secondary N) is 1. The number of benzene rings is 2. The van der Waals surface area contributed by atoms with Crippen molar-refractivity contribution < 1.29 is 13.6 Å². The van der Waals surface area contributed by atoms with Crippen molar-refractivity contribution in [1.29, 1.82) is 0 Å². The van der Waals surface area contributed by atoms with E-state index in [1.165, 1.54) is 0 Å². The Bertz CT molecular complexity index is 795. The molecule has 4 nitrogen and oxygen atoms in total. The molecule has 8 heteroatoms. The van der Waals surface area contributed by atoms with Crippen LogP contribution in [0.4, 0.5) is 25.0 Å². The summed E-state index contributed by atoms with van der Waals surface area (Å²) in [5.74, 6) is -1.29. The van der Waals surface area contributed by atoms with Gasteiger partial charge in [-0.2, -0.15) is 0 Å². The molecule has 0 atom stereocenters. The first-order chi connectivity index (χ1) is 11.9. The third-order valence-electron chi connectivity index (χ3n) is 4.01. The molecule has 1 fully saturated rings. The normalized spacial score (nSPS) is 14.6. The Hall–Kier alpha value is -2.05. The molecule has 0 radical (unpaired) electrons. The molecule has 1 aliphatic rings. The third-order valence-corrected chi connectivity index (χ3v) is 4.74. The van der Waals surface area contributed by atoms with Gasteiger partial charge in [-0.1, -0.05) is 23.2 Å². The third kappa shape index (κ3) is 4.14. The highest BCUT2D eigenvalue weighted by Crippen LogP contribution is 2.28. The Labute approximate surface area is 153 Å². The lowest BCUT2D eigenvalue weighted by atomic mass is 10.2. The van der Waals surface area contributed by atoms with Crippen molar-refractivity contribution in [1.82, 2.24) is 4.90 Å². The quantitative estimate of drug-likeness (QED) is 0.817. The minimum Gasteiger partial charge on any atom is -0.368 e. The van der Waals surface area contributed by atoms with E-state index in [4.69, 9.17) is 23.2 Å². The minimum absolute atomic E-state index is 0.170. The maximum atomic E-state index is 13.6. The number of halogens is 4. The van der Waals surface area contributed by atoms with Crippen molar-refractivity contribution in [2.45, 2.75) is 0 Å². The lowest BCUT2D eigenvalue weighted by Gasteiger charge is -2.36. The Morgan fingerprint density at radius 2 is 1.68 bits per heavy atom. The molecule has 0 aliphatic carbocycles. The summed E-state index contributed by atoms with van der Waals surface area (Å²) >= 11 is 11.9. The number of piperazine rings is 1. The predicted molar refractivity (Wildman–Crippen MR) is 95.6 cm³/mol. The number of rotatable bonds is 2. The molecule has 25 heavy (non-hydrogen) atoms. The first-order valence-electron chi connectivity index (χ1n) is 7.65. The number of carbonyl (C=O) groups is 1. The van der Waals surface area contributed by atoms with Gasteiger partial charge in [-0.15, -0.1) is 0 Å². The summed E-state index contributed by atoms with van der Waals surface area (Å²) in [4.78, 5) is 15.9. The van der Waals surface area contributed by atoms with Crippen LogP contribution < -0.4 is 10.2 Å². The van der Waals surface area contributed by atoms with Gasteiger partial charge in [0, 0.05) is 37.9 Å². The highest BCUT2D eigenvalue weighted by molar-refractivity contribution is 6.42. The molecule has 1 aliphatic heterocycles. The number of hydrogen-bond donors (Lipinski definition) is 1. The first-order valence-corrected chi connectivity index (χ1v) is 8.40. The summed E-state index contributed by atoms with van der Waals surface area (Å²) < 4.78 is 26.8. The summed E-state index contributed by atoms with van der Waals surface area (Å²) in [6.07, 6.45) is 0. The summed E-state index contributed by atoms with van der Waals surface area (Å²) in [7, 11) is 0.